The van der Waals surface area contributed by atoms with Crippen LogP contribution < -0.4 is 0 Å². The van der Waals surface area contributed by atoms with Gasteiger partial charge in [-0.15, -0.1) is 0 Å². The lowest BCUT2D eigenvalue weighted by Crippen LogP contribution is -2.42. The molecule has 3 heteroatoms. The van der Waals surface area contributed by atoms with Crippen molar-refractivity contribution in [3.05, 3.63) is 0 Å². The van der Waals surface area contributed by atoms with Crippen LogP contribution in [-0.4, -0.2) is 31.5 Å². The molecule has 0 aromatic heterocycles. The fourth-order valence-corrected chi connectivity index (χ4v) is 2.29. The van der Waals surface area contributed by atoms with Crippen molar-refractivity contribution in [1.29, 1.82) is 0 Å². The zero-order valence-electron chi connectivity index (χ0n) is 8.61. The summed E-state index contributed by atoms with van der Waals surface area (Å²) in [7, 11) is 0. The van der Waals surface area contributed by atoms with Gasteiger partial charge in [-0.25, -0.2) is 5.11 Å². The van der Waals surface area contributed by atoms with E-state index in [0.29, 0.717) is 0 Å². The van der Waals surface area contributed by atoms with E-state index in [0.717, 1.165) is 51.7 Å². The van der Waals surface area contributed by atoms with Crippen molar-refractivity contribution in [2.75, 3.05) is 13.2 Å². The predicted octanol–water partition coefficient (Wildman–Crippen LogP) is 1.92. The van der Waals surface area contributed by atoms with Gasteiger partial charge in [-0.1, -0.05) is 0 Å². The Bertz CT molecular complexity index is 142. The van der Waals surface area contributed by atoms with Crippen LogP contribution in [0.4, 0.5) is 0 Å². The fraction of sp³-hybridized carbons (Fsp3) is 1.00. The summed E-state index contributed by atoms with van der Waals surface area (Å²) >= 11 is 0. The molecule has 0 aromatic carbocycles. The molecular weight excluding hydrogens is 180 g/mol. The van der Waals surface area contributed by atoms with Gasteiger partial charge in [0.15, 0.2) is 0 Å². The first-order valence-corrected chi connectivity index (χ1v) is 5.77. The van der Waals surface area contributed by atoms with Crippen LogP contribution in [0.5, 0.6) is 0 Å². The largest absolute Gasteiger partial charge is 0.375 e. The van der Waals surface area contributed by atoms with Crippen LogP contribution in [0.15, 0.2) is 0 Å². The molecule has 0 spiro atoms. The molecular formula is C11H19O3. The van der Waals surface area contributed by atoms with Crippen LogP contribution in [0.3, 0.4) is 0 Å². The Kier molecular flexibility index (Phi) is 3.79. The minimum atomic E-state index is -0.657. The summed E-state index contributed by atoms with van der Waals surface area (Å²) < 4.78 is 11.0. The molecule has 0 amide bonds. The first-order valence-electron chi connectivity index (χ1n) is 5.77. The van der Waals surface area contributed by atoms with E-state index in [1.165, 1.54) is 0 Å². The molecule has 2 aliphatic rings. The molecule has 2 aliphatic heterocycles. The van der Waals surface area contributed by atoms with Crippen molar-refractivity contribution >= 4 is 0 Å². The van der Waals surface area contributed by atoms with Crippen LogP contribution in [0, 0.1) is 0 Å². The lowest BCUT2D eigenvalue weighted by atomic mass is 9.96. The van der Waals surface area contributed by atoms with Gasteiger partial charge in [0.2, 0.25) is 0 Å². The number of rotatable bonds is 2. The summed E-state index contributed by atoms with van der Waals surface area (Å²) in [5.41, 5.74) is 0. The van der Waals surface area contributed by atoms with E-state index in [9.17, 15) is 5.11 Å². The summed E-state index contributed by atoms with van der Waals surface area (Å²) in [5.74, 6) is 0. The maximum atomic E-state index is 12.0. The highest BCUT2D eigenvalue weighted by Gasteiger charge is 2.32. The lowest BCUT2D eigenvalue weighted by Gasteiger charge is -2.32. The molecule has 2 fully saturated rings. The summed E-state index contributed by atoms with van der Waals surface area (Å²) in [4.78, 5) is 0. The Morgan fingerprint density at radius 2 is 1.36 bits per heavy atom. The molecule has 0 saturated carbocycles. The van der Waals surface area contributed by atoms with Crippen molar-refractivity contribution in [3.8, 4) is 0 Å². The highest BCUT2D eigenvalue weighted by Crippen LogP contribution is 2.24. The standard InChI is InChI=1S/C11H19O3/c12-11(9-5-1-3-7-13-9)10-6-2-4-8-14-10/h9-11H,1-8H2. The zero-order chi connectivity index (χ0) is 9.80. The fourth-order valence-electron chi connectivity index (χ4n) is 2.29. The number of ether oxygens (including phenoxy) is 2. The highest BCUT2D eigenvalue weighted by atomic mass is 16.5. The van der Waals surface area contributed by atoms with E-state index < -0.39 is 6.10 Å². The van der Waals surface area contributed by atoms with Crippen LogP contribution >= 0.6 is 0 Å². The number of hydrogen-bond acceptors (Lipinski definition) is 2. The Labute approximate surface area is 85.4 Å². The summed E-state index contributed by atoms with van der Waals surface area (Å²) in [6.07, 6.45) is 5.49. The van der Waals surface area contributed by atoms with E-state index in [1.807, 2.05) is 0 Å². The molecule has 2 saturated heterocycles. The molecule has 2 unspecified atom stereocenters. The summed E-state index contributed by atoms with van der Waals surface area (Å²) in [6, 6.07) is 0. The second-order valence-corrected chi connectivity index (χ2v) is 4.27. The van der Waals surface area contributed by atoms with Gasteiger partial charge in [0.25, 0.3) is 0 Å². The quantitative estimate of drug-likeness (QED) is 0.681. The second kappa shape index (κ2) is 5.10. The highest BCUT2D eigenvalue weighted by molar-refractivity contribution is 4.81. The minimum Gasteiger partial charge on any atom is -0.375 e. The van der Waals surface area contributed by atoms with Crippen molar-refractivity contribution < 1.29 is 14.6 Å². The Balaban J connectivity index is 1.82. The van der Waals surface area contributed by atoms with Crippen molar-refractivity contribution in [2.24, 2.45) is 0 Å². The van der Waals surface area contributed by atoms with E-state index in [1.54, 1.807) is 0 Å². The van der Waals surface area contributed by atoms with E-state index >= 15 is 0 Å². The Morgan fingerprint density at radius 1 is 0.857 bits per heavy atom. The third kappa shape index (κ3) is 2.47. The molecule has 0 aromatic rings. The van der Waals surface area contributed by atoms with Crippen molar-refractivity contribution in [3.63, 3.8) is 0 Å². The molecule has 2 heterocycles. The molecule has 3 nitrogen and oxygen atoms in total. The van der Waals surface area contributed by atoms with Gasteiger partial charge in [-0.05, 0) is 38.5 Å². The van der Waals surface area contributed by atoms with Crippen LogP contribution in [0.1, 0.15) is 38.5 Å². The third-order valence-electron chi connectivity index (χ3n) is 3.16. The van der Waals surface area contributed by atoms with Crippen LogP contribution in [0.2, 0.25) is 0 Å². The van der Waals surface area contributed by atoms with E-state index in [2.05, 4.69) is 0 Å². The van der Waals surface area contributed by atoms with Crippen LogP contribution in [-0.2, 0) is 14.6 Å². The minimum absolute atomic E-state index is 0.0909. The normalized spacial score (nSPS) is 36.6. The van der Waals surface area contributed by atoms with Gasteiger partial charge in [0, 0.05) is 13.2 Å². The zero-order valence-corrected chi connectivity index (χ0v) is 8.61. The lowest BCUT2D eigenvalue weighted by molar-refractivity contribution is -0.158. The predicted molar refractivity (Wildman–Crippen MR) is 51.7 cm³/mol. The topological polar surface area (TPSA) is 38.4 Å². The molecule has 0 aliphatic carbocycles. The first-order chi connectivity index (χ1) is 6.88. The smallest absolute Gasteiger partial charge is 0.145 e. The molecule has 0 bridgehead atoms. The van der Waals surface area contributed by atoms with Gasteiger partial charge in [0.1, 0.15) is 6.10 Å². The molecule has 1 radical (unpaired) electrons. The maximum Gasteiger partial charge on any atom is 0.145 e. The van der Waals surface area contributed by atoms with Gasteiger partial charge in [-0.3, -0.25) is 0 Å². The summed E-state index contributed by atoms with van der Waals surface area (Å²) in [6.45, 7) is 1.52. The maximum absolute atomic E-state index is 12.0. The number of hydrogen-bond donors (Lipinski definition) is 0. The average Bonchev–Trinajstić information content (AvgIpc) is 2.30. The van der Waals surface area contributed by atoms with Gasteiger partial charge in [-0.2, -0.15) is 0 Å². The Hall–Kier alpha value is -0.120. The molecule has 81 valence electrons. The first kappa shape index (κ1) is 10.4. The third-order valence-corrected chi connectivity index (χ3v) is 3.16. The molecule has 2 rings (SSSR count). The summed E-state index contributed by atoms with van der Waals surface area (Å²) in [5, 5.41) is 12.0. The molecule has 14 heavy (non-hydrogen) atoms. The molecule has 0 N–H and O–H groups in total. The molecule has 2 atom stereocenters. The van der Waals surface area contributed by atoms with Gasteiger partial charge < -0.3 is 9.47 Å². The van der Waals surface area contributed by atoms with Gasteiger partial charge >= 0.3 is 0 Å². The van der Waals surface area contributed by atoms with Crippen molar-refractivity contribution in [1.82, 2.24) is 0 Å². The van der Waals surface area contributed by atoms with Gasteiger partial charge in [0.05, 0.1) is 12.2 Å². The van der Waals surface area contributed by atoms with E-state index in [-0.39, 0.29) is 12.2 Å². The van der Waals surface area contributed by atoms with E-state index in [4.69, 9.17) is 9.47 Å². The second-order valence-electron chi connectivity index (χ2n) is 4.27. The van der Waals surface area contributed by atoms with Crippen LogP contribution in [0.25, 0.3) is 0 Å². The SMILES string of the molecule is [O]C(C1CCCCO1)C1CCCCO1. The Morgan fingerprint density at radius 3 is 1.71 bits per heavy atom. The monoisotopic (exact) mass is 199 g/mol. The van der Waals surface area contributed by atoms with Crippen molar-refractivity contribution in [2.45, 2.75) is 56.8 Å². The average molecular weight is 199 g/mol.